The highest BCUT2D eigenvalue weighted by atomic mass is 32.1. The lowest BCUT2D eigenvalue weighted by atomic mass is 10.2. The Labute approximate surface area is 151 Å². The molecule has 0 aromatic carbocycles. The van der Waals surface area contributed by atoms with Crippen LogP contribution in [0.1, 0.15) is 20.2 Å². The highest BCUT2D eigenvalue weighted by molar-refractivity contribution is 7.16. The normalized spacial score (nSPS) is 13.5. The van der Waals surface area contributed by atoms with Crippen molar-refractivity contribution in [3.05, 3.63) is 51.4 Å². The van der Waals surface area contributed by atoms with Crippen molar-refractivity contribution in [2.75, 3.05) is 11.9 Å². The summed E-state index contributed by atoms with van der Waals surface area (Å²) in [6.07, 6.45) is 4.14. The van der Waals surface area contributed by atoms with Crippen molar-refractivity contribution in [2.24, 2.45) is 0 Å². The summed E-state index contributed by atoms with van der Waals surface area (Å²) in [7, 11) is 0. The second-order valence-electron chi connectivity index (χ2n) is 5.59. The molecule has 1 N–H and O–H groups in total. The van der Waals surface area contributed by atoms with Crippen LogP contribution < -0.4 is 5.32 Å². The van der Waals surface area contributed by atoms with Gasteiger partial charge < -0.3 is 4.90 Å². The van der Waals surface area contributed by atoms with Gasteiger partial charge in [0.15, 0.2) is 5.13 Å². The summed E-state index contributed by atoms with van der Waals surface area (Å²) in [4.78, 5) is 32.5. The molecule has 128 valence electrons. The third kappa shape index (κ3) is 3.47. The highest BCUT2D eigenvalue weighted by Crippen LogP contribution is 2.29. The van der Waals surface area contributed by atoms with Gasteiger partial charge >= 0.3 is 0 Å². The Morgan fingerprint density at radius 3 is 3.00 bits per heavy atom. The van der Waals surface area contributed by atoms with Gasteiger partial charge in [0.1, 0.15) is 6.54 Å². The Morgan fingerprint density at radius 1 is 1.32 bits per heavy atom. The number of rotatable bonds is 4. The largest absolute Gasteiger partial charge is 0.335 e. The molecule has 7 nitrogen and oxygen atoms in total. The lowest BCUT2D eigenvalue weighted by molar-refractivity contribution is -0.132. The van der Waals surface area contributed by atoms with Crippen molar-refractivity contribution in [3.8, 4) is 0 Å². The third-order valence-corrected chi connectivity index (χ3v) is 5.77. The minimum Gasteiger partial charge on any atom is -0.335 e. The average molecular weight is 373 g/mol. The molecule has 2 amide bonds. The summed E-state index contributed by atoms with van der Waals surface area (Å²) in [6, 6.07) is 5.42. The Hall–Kier alpha value is -2.52. The number of thiophene rings is 1. The number of thiazole rings is 1. The van der Waals surface area contributed by atoms with Crippen LogP contribution in [0, 0.1) is 0 Å². The molecule has 0 saturated heterocycles. The van der Waals surface area contributed by atoms with Crippen molar-refractivity contribution >= 4 is 39.6 Å². The predicted molar refractivity (Wildman–Crippen MR) is 95.7 cm³/mol. The topological polar surface area (TPSA) is 80.1 Å². The highest BCUT2D eigenvalue weighted by Gasteiger charge is 2.25. The standard InChI is InChI=1S/C16H15N5O2S2/c22-14(10-21-6-2-5-17-21)20-7-4-11-13(9-20)25-16(18-11)19-15(23)12-3-1-8-24-12/h1-3,5-6,8H,4,7,9-10H2,(H,18,19,23). The first-order valence-electron chi connectivity index (χ1n) is 7.77. The predicted octanol–water partition coefficient (Wildman–Crippen LogP) is 2.24. The zero-order valence-corrected chi connectivity index (χ0v) is 14.8. The molecule has 1 aliphatic rings. The maximum absolute atomic E-state index is 12.4. The van der Waals surface area contributed by atoms with Crippen LogP contribution in [-0.4, -0.2) is 38.0 Å². The van der Waals surface area contributed by atoms with E-state index in [1.807, 2.05) is 16.3 Å². The van der Waals surface area contributed by atoms with Crippen LogP contribution in [0.5, 0.6) is 0 Å². The van der Waals surface area contributed by atoms with Gasteiger partial charge in [-0.05, 0) is 17.5 Å². The molecule has 9 heteroatoms. The van der Waals surface area contributed by atoms with E-state index in [2.05, 4.69) is 15.4 Å². The number of nitrogens with one attached hydrogen (secondary N) is 1. The summed E-state index contributed by atoms with van der Waals surface area (Å²) in [6.45, 7) is 1.40. The fourth-order valence-electron chi connectivity index (χ4n) is 2.66. The maximum Gasteiger partial charge on any atom is 0.267 e. The van der Waals surface area contributed by atoms with Crippen LogP contribution in [0.2, 0.25) is 0 Å². The van der Waals surface area contributed by atoms with Crippen LogP contribution in [0.25, 0.3) is 0 Å². The van der Waals surface area contributed by atoms with Gasteiger partial charge in [0.25, 0.3) is 5.91 Å². The van der Waals surface area contributed by atoms with Crippen LogP contribution >= 0.6 is 22.7 Å². The lowest BCUT2D eigenvalue weighted by Crippen LogP contribution is -2.37. The zero-order chi connectivity index (χ0) is 17.2. The van der Waals surface area contributed by atoms with Crippen LogP contribution in [0.3, 0.4) is 0 Å². The summed E-state index contributed by atoms with van der Waals surface area (Å²) >= 11 is 2.83. The molecular weight excluding hydrogens is 358 g/mol. The number of hydrogen-bond acceptors (Lipinski definition) is 6. The Morgan fingerprint density at radius 2 is 2.24 bits per heavy atom. The zero-order valence-electron chi connectivity index (χ0n) is 13.2. The van der Waals surface area contributed by atoms with Crippen molar-refractivity contribution in [1.29, 1.82) is 0 Å². The minimum absolute atomic E-state index is 0.0342. The van der Waals surface area contributed by atoms with Crippen molar-refractivity contribution < 1.29 is 9.59 Å². The molecule has 0 aliphatic carbocycles. The molecule has 1 aliphatic heterocycles. The van der Waals surface area contributed by atoms with Crippen LogP contribution in [0.4, 0.5) is 5.13 Å². The number of carbonyl (C=O) groups excluding carboxylic acids is 2. The van der Waals surface area contributed by atoms with Gasteiger partial charge in [-0.1, -0.05) is 17.4 Å². The minimum atomic E-state index is -0.146. The third-order valence-electron chi connectivity index (χ3n) is 3.91. The molecule has 0 fully saturated rings. The Balaban J connectivity index is 1.42. The number of carbonyl (C=O) groups is 2. The quantitative estimate of drug-likeness (QED) is 0.761. The molecule has 0 spiro atoms. The fraction of sp³-hybridized carbons (Fsp3) is 0.250. The maximum atomic E-state index is 12.4. The van der Waals surface area contributed by atoms with E-state index in [-0.39, 0.29) is 18.4 Å². The van der Waals surface area contributed by atoms with Crippen molar-refractivity contribution in [2.45, 2.75) is 19.5 Å². The summed E-state index contributed by atoms with van der Waals surface area (Å²) in [5.41, 5.74) is 0.967. The number of nitrogens with zero attached hydrogens (tertiary/aromatic N) is 4. The smallest absolute Gasteiger partial charge is 0.267 e. The van der Waals surface area contributed by atoms with Gasteiger partial charge in [0, 0.05) is 30.2 Å². The van der Waals surface area contributed by atoms with E-state index in [4.69, 9.17) is 0 Å². The molecule has 0 atom stereocenters. The van der Waals surface area contributed by atoms with Gasteiger partial charge in [-0.15, -0.1) is 11.3 Å². The number of anilines is 1. The van der Waals surface area contributed by atoms with Crippen molar-refractivity contribution in [1.82, 2.24) is 19.7 Å². The summed E-state index contributed by atoms with van der Waals surface area (Å²) in [5, 5.41) is 9.37. The molecule has 25 heavy (non-hydrogen) atoms. The molecule has 3 aromatic heterocycles. The van der Waals surface area contributed by atoms with E-state index in [9.17, 15) is 9.59 Å². The first-order chi connectivity index (χ1) is 12.2. The Bertz CT molecular complexity index is 886. The molecule has 0 bridgehead atoms. The first-order valence-corrected chi connectivity index (χ1v) is 9.47. The van der Waals surface area contributed by atoms with E-state index in [0.29, 0.717) is 29.5 Å². The second kappa shape index (κ2) is 6.77. The second-order valence-corrected chi connectivity index (χ2v) is 7.62. The number of amides is 2. The number of aromatic nitrogens is 3. The average Bonchev–Trinajstić information content (AvgIpc) is 3.35. The first kappa shape index (κ1) is 16.0. The lowest BCUT2D eigenvalue weighted by Gasteiger charge is -2.26. The fourth-order valence-corrected chi connectivity index (χ4v) is 4.30. The van der Waals surface area contributed by atoms with Gasteiger partial charge in [0.2, 0.25) is 5.91 Å². The van der Waals surface area contributed by atoms with Crippen LogP contribution in [0.15, 0.2) is 36.0 Å². The molecule has 0 unspecified atom stereocenters. The molecule has 4 heterocycles. The molecule has 3 aromatic rings. The molecule has 0 radical (unpaired) electrons. The van der Waals surface area contributed by atoms with E-state index >= 15 is 0 Å². The van der Waals surface area contributed by atoms with Gasteiger partial charge in [0.05, 0.1) is 17.1 Å². The van der Waals surface area contributed by atoms with Crippen LogP contribution in [-0.2, 0) is 24.3 Å². The van der Waals surface area contributed by atoms with E-state index in [0.717, 1.165) is 10.6 Å². The van der Waals surface area contributed by atoms with E-state index in [1.54, 1.807) is 29.2 Å². The number of fused-ring (bicyclic) bond motifs is 1. The summed E-state index contributed by atoms with van der Waals surface area (Å²) < 4.78 is 1.62. The monoisotopic (exact) mass is 373 g/mol. The molecule has 4 rings (SSSR count). The van der Waals surface area contributed by atoms with E-state index in [1.165, 1.54) is 22.7 Å². The van der Waals surface area contributed by atoms with Gasteiger partial charge in [-0.3, -0.25) is 19.6 Å². The SMILES string of the molecule is O=C(Nc1nc2c(s1)CN(C(=O)Cn1cccn1)CC2)c1cccs1. The van der Waals surface area contributed by atoms with Crippen molar-refractivity contribution in [3.63, 3.8) is 0 Å². The van der Waals surface area contributed by atoms with E-state index < -0.39 is 0 Å². The van der Waals surface area contributed by atoms with Gasteiger partial charge in [-0.2, -0.15) is 5.10 Å². The molecule has 0 saturated carbocycles. The Kier molecular flexibility index (Phi) is 4.33. The molecular formula is C16H15N5O2S2. The van der Waals surface area contributed by atoms with Gasteiger partial charge in [-0.25, -0.2) is 4.98 Å². The number of hydrogen-bond donors (Lipinski definition) is 1. The summed E-state index contributed by atoms with van der Waals surface area (Å²) in [5.74, 6) is -0.111.